The summed E-state index contributed by atoms with van der Waals surface area (Å²) in [5.41, 5.74) is 9.58. The Balaban J connectivity index is 0.00000182. The second-order valence-corrected chi connectivity index (χ2v) is 6.54. The number of halogens is 1. The van der Waals surface area contributed by atoms with Gasteiger partial charge in [-0.15, -0.1) is 12.4 Å². The number of nitrogens with two attached hydrogens (primary N) is 1. The predicted octanol–water partition coefficient (Wildman–Crippen LogP) is 3.13. The summed E-state index contributed by atoms with van der Waals surface area (Å²) in [6, 6.07) is 18.1. The fourth-order valence-corrected chi connectivity index (χ4v) is 3.34. The number of H-pyrrole nitrogens is 1. The molecule has 3 atom stereocenters. The van der Waals surface area contributed by atoms with Gasteiger partial charge in [-0.1, -0.05) is 48.5 Å². The molecule has 0 spiro atoms. The first-order chi connectivity index (χ1) is 11.7. The minimum atomic E-state index is -0.527. The third-order valence-electron chi connectivity index (χ3n) is 4.80. The van der Waals surface area contributed by atoms with Gasteiger partial charge in [0.1, 0.15) is 0 Å². The maximum atomic E-state index is 12.4. The van der Waals surface area contributed by atoms with Crippen LogP contribution >= 0.6 is 12.4 Å². The molecule has 0 radical (unpaired) electrons. The molecular weight excluding hydrogens is 334 g/mol. The van der Waals surface area contributed by atoms with Gasteiger partial charge in [-0.05, 0) is 30.0 Å². The Morgan fingerprint density at radius 3 is 2.68 bits per heavy atom. The van der Waals surface area contributed by atoms with Crippen molar-refractivity contribution in [3.63, 3.8) is 0 Å². The number of hydrogen-bond donors (Lipinski definition) is 3. The van der Waals surface area contributed by atoms with Crippen LogP contribution in [0.1, 0.15) is 23.5 Å². The summed E-state index contributed by atoms with van der Waals surface area (Å²) in [5, 5.41) is 4.22. The predicted molar refractivity (Wildman–Crippen MR) is 103 cm³/mol. The molecule has 1 aromatic heterocycles. The number of aromatic amines is 1. The van der Waals surface area contributed by atoms with Crippen molar-refractivity contribution in [3.8, 4) is 0 Å². The van der Waals surface area contributed by atoms with E-state index >= 15 is 0 Å². The minimum absolute atomic E-state index is 0. The molecule has 1 heterocycles. The summed E-state index contributed by atoms with van der Waals surface area (Å²) in [4.78, 5) is 15.6. The molecule has 2 unspecified atom stereocenters. The first-order valence-electron chi connectivity index (χ1n) is 8.38. The van der Waals surface area contributed by atoms with Crippen LogP contribution in [0, 0.1) is 0 Å². The highest BCUT2D eigenvalue weighted by Gasteiger charge is 2.39. The number of carbonyl (C=O) groups is 1. The highest BCUT2D eigenvalue weighted by molar-refractivity contribution is 5.86. The van der Waals surface area contributed by atoms with E-state index in [1.807, 2.05) is 42.6 Å². The molecule has 5 heteroatoms. The van der Waals surface area contributed by atoms with Crippen LogP contribution < -0.4 is 11.1 Å². The molecule has 0 bridgehead atoms. The van der Waals surface area contributed by atoms with E-state index in [2.05, 4.69) is 28.5 Å². The number of amides is 1. The highest BCUT2D eigenvalue weighted by Crippen LogP contribution is 2.40. The van der Waals surface area contributed by atoms with E-state index in [0.717, 1.165) is 22.9 Å². The standard InChI is InChI=1S/C20H21N3O.ClH/c21-17(10-14-12-22-18-9-5-4-8-15(14)18)20(24)23-19-11-16(19)13-6-2-1-3-7-13;/h1-9,12,16-17,19,22H,10-11,21H2,(H,23,24);1H/t16?,17-,19?;/m0./s1. The second kappa shape index (κ2) is 7.30. The molecule has 1 amide bonds. The number of rotatable bonds is 5. The van der Waals surface area contributed by atoms with Crippen LogP contribution in [0.3, 0.4) is 0 Å². The van der Waals surface area contributed by atoms with Crippen LogP contribution in [-0.4, -0.2) is 23.0 Å². The van der Waals surface area contributed by atoms with Gasteiger partial charge in [-0.25, -0.2) is 0 Å². The quantitative estimate of drug-likeness (QED) is 0.658. The zero-order chi connectivity index (χ0) is 16.5. The molecule has 1 fully saturated rings. The Morgan fingerprint density at radius 1 is 1.16 bits per heavy atom. The summed E-state index contributed by atoms with van der Waals surface area (Å²) >= 11 is 0. The van der Waals surface area contributed by atoms with Crippen molar-refractivity contribution < 1.29 is 4.79 Å². The van der Waals surface area contributed by atoms with Gasteiger partial charge in [0.05, 0.1) is 6.04 Å². The first-order valence-corrected chi connectivity index (χ1v) is 8.38. The minimum Gasteiger partial charge on any atom is -0.361 e. The number of fused-ring (bicyclic) bond motifs is 1. The van der Waals surface area contributed by atoms with Crippen molar-refractivity contribution in [2.24, 2.45) is 5.73 Å². The average molecular weight is 356 g/mol. The van der Waals surface area contributed by atoms with Crippen molar-refractivity contribution in [2.75, 3.05) is 0 Å². The number of para-hydroxylation sites is 1. The molecule has 130 valence electrons. The van der Waals surface area contributed by atoms with Gasteiger partial charge < -0.3 is 16.0 Å². The molecule has 1 aliphatic carbocycles. The van der Waals surface area contributed by atoms with Crippen LogP contribution in [0.25, 0.3) is 10.9 Å². The Morgan fingerprint density at radius 2 is 1.88 bits per heavy atom. The van der Waals surface area contributed by atoms with E-state index in [0.29, 0.717) is 12.3 Å². The zero-order valence-corrected chi connectivity index (χ0v) is 14.6. The molecule has 4 nitrogen and oxygen atoms in total. The fourth-order valence-electron chi connectivity index (χ4n) is 3.34. The van der Waals surface area contributed by atoms with Crippen molar-refractivity contribution in [1.29, 1.82) is 0 Å². The van der Waals surface area contributed by atoms with E-state index in [-0.39, 0.29) is 24.4 Å². The van der Waals surface area contributed by atoms with E-state index in [1.165, 1.54) is 5.56 Å². The maximum absolute atomic E-state index is 12.4. The van der Waals surface area contributed by atoms with Crippen molar-refractivity contribution >= 4 is 29.2 Å². The van der Waals surface area contributed by atoms with E-state index < -0.39 is 6.04 Å². The lowest BCUT2D eigenvalue weighted by molar-refractivity contribution is -0.122. The molecule has 0 saturated heterocycles. The molecule has 2 aromatic carbocycles. The van der Waals surface area contributed by atoms with Crippen molar-refractivity contribution in [2.45, 2.75) is 30.8 Å². The third-order valence-corrected chi connectivity index (χ3v) is 4.80. The summed E-state index contributed by atoms with van der Waals surface area (Å²) < 4.78 is 0. The Kier molecular flexibility index (Phi) is 5.11. The van der Waals surface area contributed by atoms with Gasteiger partial charge in [0.25, 0.3) is 0 Å². The van der Waals surface area contributed by atoms with Crippen LogP contribution in [0.15, 0.2) is 60.8 Å². The van der Waals surface area contributed by atoms with Crippen LogP contribution in [0.2, 0.25) is 0 Å². The Bertz CT molecular complexity index is 862. The molecule has 4 rings (SSSR count). The Labute approximate surface area is 153 Å². The molecule has 0 aliphatic heterocycles. The normalized spacial score (nSPS) is 19.9. The van der Waals surface area contributed by atoms with Crippen molar-refractivity contribution in [3.05, 3.63) is 71.9 Å². The molecular formula is C20H22ClN3O. The topological polar surface area (TPSA) is 70.9 Å². The van der Waals surface area contributed by atoms with Gasteiger partial charge in [0, 0.05) is 29.1 Å². The number of carbonyl (C=O) groups excluding carboxylic acids is 1. The van der Waals surface area contributed by atoms with E-state index in [1.54, 1.807) is 0 Å². The smallest absolute Gasteiger partial charge is 0.237 e. The van der Waals surface area contributed by atoms with E-state index in [9.17, 15) is 4.79 Å². The Hall–Kier alpha value is -2.30. The number of hydrogen-bond acceptors (Lipinski definition) is 2. The van der Waals surface area contributed by atoms with Gasteiger partial charge >= 0.3 is 0 Å². The highest BCUT2D eigenvalue weighted by atomic mass is 35.5. The molecule has 4 N–H and O–H groups in total. The second-order valence-electron chi connectivity index (χ2n) is 6.54. The van der Waals surface area contributed by atoms with Crippen LogP contribution in [-0.2, 0) is 11.2 Å². The number of aromatic nitrogens is 1. The lowest BCUT2D eigenvalue weighted by Gasteiger charge is -2.12. The maximum Gasteiger partial charge on any atom is 0.237 e. The third kappa shape index (κ3) is 3.70. The molecule has 1 aliphatic rings. The number of nitrogens with one attached hydrogen (secondary N) is 2. The number of benzene rings is 2. The monoisotopic (exact) mass is 355 g/mol. The van der Waals surface area contributed by atoms with Crippen molar-refractivity contribution in [1.82, 2.24) is 10.3 Å². The summed E-state index contributed by atoms with van der Waals surface area (Å²) in [7, 11) is 0. The first kappa shape index (κ1) is 17.5. The summed E-state index contributed by atoms with van der Waals surface area (Å²) in [6.07, 6.45) is 3.48. The van der Waals surface area contributed by atoms with Crippen LogP contribution in [0.4, 0.5) is 0 Å². The van der Waals surface area contributed by atoms with Gasteiger partial charge in [-0.3, -0.25) is 4.79 Å². The lowest BCUT2D eigenvalue weighted by atomic mass is 10.0. The molecule has 1 saturated carbocycles. The average Bonchev–Trinajstić information content (AvgIpc) is 3.27. The SMILES string of the molecule is Cl.N[C@@H](Cc1c[nH]c2ccccc12)C(=O)NC1CC1c1ccccc1. The molecule has 25 heavy (non-hydrogen) atoms. The fraction of sp³-hybridized carbons (Fsp3) is 0.250. The zero-order valence-electron chi connectivity index (χ0n) is 13.8. The van der Waals surface area contributed by atoms with Crippen LogP contribution in [0.5, 0.6) is 0 Å². The largest absolute Gasteiger partial charge is 0.361 e. The molecule has 3 aromatic rings. The van der Waals surface area contributed by atoms with Gasteiger partial charge in [0.15, 0.2) is 0 Å². The van der Waals surface area contributed by atoms with E-state index in [4.69, 9.17) is 5.73 Å². The summed E-state index contributed by atoms with van der Waals surface area (Å²) in [5.74, 6) is 0.360. The summed E-state index contributed by atoms with van der Waals surface area (Å²) in [6.45, 7) is 0. The lowest BCUT2D eigenvalue weighted by Crippen LogP contribution is -2.43. The van der Waals surface area contributed by atoms with Gasteiger partial charge in [-0.2, -0.15) is 0 Å². The van der Waals surface area contributed by atoms with Gasteiger partial charge in [0.2, 0.25) is 5.91 Å².